The molecule has 0 saturated carbocycles. The molecule has 1 atom stereocenters. The van der Waals surface area contributed by atoms with Crippen molar-refractivity contribution in [1.82, 2.24) is 4.98 Å². The summed E-state index contributed by atoms with van der Waals surface area (Å²) in [7, 11) is 0. The number of fused-ring (bicyclic) bond motifs is 3. The van der Waals surface area contributed by atoms with Crippen LogP contribution in [0.1, 0.15) is 42.0 Å². The third-order valence-electron chi connectivity index (χ3n) is 5.57. The Morgan fingerprint density at radius 1 is 1.04 bits per heavy atom. The zero-order chi connectivity index (χ0) is 18.5. The van der Waals surface area contributed by atoms with Gasteiger partial charge in [0.05, 0.1) is 5.52 Å². The van der Waals surface area contributed by atoms with Crippen LogP contribution >= 0.6 is 11.6 Å². The lowest BCUT2D eigenvalue weighted by Gasteiger charge is -2.35. The molecule has 1 aliphatic carbocycles. The first-order valence-corrected chi connectivity index (χ1v) is 9.68. The summed E-state index contributed by atoms with van der Waals surface area (Å²) in [6.07, 6.45) is 2.43. The summed E-state index contributed by atoms with van der Waals surface area (Å²) in [5, 5.41) is 5.35. The van der Waals surface area contributed by atoms with E-state index in [-0.39, 0.29) is 11.7 Å². The highest BCUT2D eigenvalue weighted by Crippen LogP contribution is 2.47. The number of pyridine rings is 1. The van der Waals surface area contributed by atoms with Gasteiger partial charge in [0.25, 0.3) is 0 Å². The molecule has 27 heavy (non-hydrogen) atoms. The zero-order valence-electron chi connectivity index (χ0n) is 15.1. The summed E-state index contributed by atoms with van der Waals surface area (Å²) in [5.74, 6) is 0.154. The number of benzene rings is 2. The normalized spacial score (nSPS) is 18.9. The largest absolute Gasteiger partial charge is 0.358 e. The molecule has 3 nitrogen and oxygen atoms in total. The van der Waals surface area contributed by atoms with Crippen molar-refractivity contribution < 1.29 is 4.79 Å². The average Bonchev–Trinajstić information content (AvgIpc) is 2.67. The van der Waals surface area contributed by atoms with E-state index >= 15 is 0 Å². The van der Waals surface area contributed by atoms with Gasteiger partial charge in [-0.2, -0.15) is 0 Å². The van der Waals surface area contributed by atoms with Crippen molar-refractivity contribution in [1.29, 1.82) is 0 Å². The summed E-state index contributed by atoms with van der Waals surface area (Å²) in [4.78, 5) is 17.6. The third kappa shape index (κ3) is 2.65. The van der Waals surface area contributed by atoms with E-state index in [0.29, 0.717) is 11.4 Å². The molecule has 2 aliphatic rings. The van der Waals surface area contributed by atoms with Gasteiger partial charge in [-0.1, -0.05) is 29.8 Å². The Morgan fingerprint density at radius 3 is 2.67 bits per heavy atom. The minimum atomic E-state index is -0.0884. The van der Waals surface area contributed by atoms with Crippen LogP contribution in [-0.4, -0.2) is 10.8 Å². The fourth-order valence-corrected chi connectivity index (χ4v) is 4.50. The minimum absolute atomic E-state index is 0.0884. The summed E-state index contributed by atoms with van der Waals surface area (Å²) < 4.78 is 0. The molecule has 0 unspecified atom stereocenters. The van der Waals surface area contributed by atoms with Crippen molar-refractivity contribution in [2.24, 2.45) is 0 Å². The van der Waals surface area contributed by atoms with Crippen LogP contribution in [0.3, 0.4) is 0 Å². The summed E-state index contributed by atoms with van der Waals surface area (Å²) in [5.41, 5.74) is 7.22. The number of aryl methyl sites for hydroxylation is 1. The highest BCUT2D eigenvalue weighted by Gasteiger charge is 2.36. The number of carbonyl (C=O) groups excluding carboxylic acids is 1. The lowest BCUT2D eigenvalue weighted by molar-refractivity contribution is -0.116. The average molecular weight is 375 g/mol. The minimum Gasteiger partial charge on any atom is -0.358 e. The van der Waals surface area contributed by atoms with Crippen LogP contribution in [0.4, 0.5) is 5.69 Å². The van der Waals surface area contributed by atoms with Gasteiger partial charge in [-0.15, -0.1) is 0 Å². The van der Waals surface area contributed by atoms with E-state index in [4.69, 9.17) is 16.6 Å². The Kier molecular flexibility index (Phi) is 3.80. The van der Waals surface area contributed by atoms with Gasteiger partial charge in [-0.05, 0) is 61.2 Å². The highest BCUT2D eigenvalue weighted by molar-refractivity contribution is 6.30. The van der Waals surface area contributed by atoms with E-state index in [1.807, 2.05) is 37.3 Å². The number of carbonyl (C=O) groups is 1. The van der Waals surface area contributed by atoms with Crippen molar-refractivity contribution in [3.63, 3.8) is 0 Å². The summed E-state index contributed by atoms with van der Waals surface area (Å²) in [6, 6.07) is 16.2. The predicted molar refractivity (Wildman–Crippen MR) is 109 cm³/mol. The lowest BCUT2D eigenvalue weighted by Crippen LogP contribution is -2.27. The quantitative estimate of drug-likeness (QED) is 0.588. The Hall–Kier alpha value is -2.65. The molecule has 1 aliphatic heterocycles. The van der Waals surface area contributed by atoms with Crippen LogP contribution in [-0.2, 0) is 4.79 Å². The summed E-state index contributed by atoms with van der Waals surface area (Å²) in [6.45, 7) is 2.00. The molecule has 0 fully saturated rings. The molecule has 5 rings (SSSR count). The molecule has 0 amide bonds. The van der Waals surface area contributed by atoms with E-state index in [2.05, 4.69) is 23.5 Å². The van der Waals surface area contributed by atoms with E-state index in [1.165, 1.54) is 0 Å². The smallest absolute Gasteiger partial charge is 0.161 e. The first kappa shape index (κ1) is 16.5. The molecule has 134 valence electrons. The second-order valence-corrected chi connectivity index (χ2v) is 7.76. The van der Waals surface area contributed by atoms with E-state index in [0.717, 1.165) is 57.5 Å². The Labute approximate surface area is 163 Å². The molecule has 3 aromatic rings. The molecule has 1 N–H and O–H groups in total. The molecule has 0 spiro atoms. The topological polar surface area (TPSA) is 42.0 Å². The molecule has 2 heterocycles. The second-order valence-electron chi connectivity index (χ2n) is 7.32. The highest BCUT2D eigenvalue weighted by atomic mass is 35.5. The number of Topliss-reactive ketones (excluding diaryl/α,β-unsaturated/α-hetero) is 1. The summed E-state index contributed by atoms with van der Waals surface area (Å²) >= 11 is 6.13. The Morgan fingerprint density at radius 2 is 1.85 bits per heavy atom. The van der Waals surface area contributed by atoms with Gasteiger partial charge in [0.1, 0.15) is 0 Å². The Balaban J connectivity index is 1.82. The van der Waals surface area contributed by atoms with Crippen LogP contribution in [0.15, 0.2) is 59.8 Å². The van der Waals surface area contributed by atoms with Gasteiger partial charge < -0.3 is 5.32 Å². The Bertz CT molecular complexity index is 1120. The van der Waals surface area contributed by atoms with Crippen LogP contribution in [0.2, 0.25) is 5.02 Å². The third-order valence-corrected chi connectivity index (χ3v) is 5.83. The molecular formula is C23H19ClN2O. The number of ketones is 1. The van der Waals surface area contributed by atoms with Gasteiger partial charge in [-0.25, -0.2) is 0 Å². The maximum absolute atomic E-state index is 12.9. The monoisotopic (exact) mass is 374 g/mol. The van der Waals surface area contributed by atoms with Gasteiger partial charge in [0.2, 0.25) is 0 Å². The number of hydrogen-bond donors (Lipinski definition) is 1. The predicted octanol–water partition coefficient (Wildman–Crippen LogP) is 5.76. The zero-order valence-corrected chi connectivity index (χ0v) is 15.8. The molecule has 0 radical (unpaired) electrons. The van der Waals surface area contributed by atoms with Crippen LogP contribution in [0.25, 0.3) is 10.9 Å². The number of nitrogens with one attached hydrogen (secondary N) is 1. The fourth-order valence-electron chi connectivity index (χ4n) is 4.37. The van der Waals surface area contributed by atoms with Crippen LogP contribution in [0, 0.1) is 6.92 Å². The number of hydrogen-bond acceptors (Lipinski definition) is 3. The van der Waals surface area contributed by atoms with Crippen molar-refractivity contribution in [2.45, 2.75) is 32.1 Å². The number of anilines is 1. The molecule has 1 aromatic heterocycles. The van der Waals surface area contributed by atoms with Gasteiger partial charge in [0, 0.05) is 45.4 Å². The van der Waals surface area contributed by atoms with E-state index in [1.54, 1.807) is 0 Å². The van der Waals surface area contributed by atoms with Gasteiger partial charge in [0.15, 0.2) is 5.78 Å². The van der Waals surface area contributed by atoms with E-state index in [9.17, 15) is 4.79 Å². The fraction of sp³-hybridized carbons (Fsp3) is 0.217. The van der Waals surface area contributed by atoms with E-state index < -0.39 is 0 Å². The van der Waals surface area contributed by atoms with Crippen LogP contribution in [0.5, 0.6) is 0 Å². The molecule has 2 aromatic carbocycles. The maximum Gasteiger partial charge on any atom is 0.161 e. The van der Waals surface area contributed by atoms with Crippen molar-refractivity contribution in [2.75, 3.05) is 5.32 Å². The molecule has 0 saturated heterocycles. The molecule has 4 heteroatoms. The van der Waals surface area contributed by atoms with Crippen LogP contribution < -0.4 is 5.32 Å². The van der Waals surface area contributed by atoms with Crippen molar-refractivity contribution >= 4 is 34.0 Å². The lowest BCUT2D eigenvalue weighted by atomic mass is 9.74. The second kappa shape index (κ2) is 6.21. The number of aromatic nitrogens is 1. The first-order valence-electron chi connectivity index (χ1n) is 9.31. The van der Waals surface area contributed by atoms with Gasteiger partial charge >= 0.3 is 0 Å². The SMILES string of the molecule is Cc1ccc2c3c(ccc2n1)NC1=C(C(=O)CCC1)[C@@H]3c1ccc(Cl)cc1. The maximum atomic E-state index is 12.9. The first-order chi connectivity index (χ1) is 13.1. The number of allylic oxidation sites excluding steroid dienone is 2. The van der Waals surface area contributed by atoms with Crippen molar-refractivity contribution in [3.05, 3.63) is 81.6 Å². The van der Waals surface area contributed by atoms with Gasteiger partial charge in [-0.3, -0.25) is 9.78 Å². The molecule has 0 bridgehead atoms. The molecular weight excluding hydrogens is 356 g/mol. The number of halogens is 1. The standard InChI is InChI=1S/C23H19ClN2O/c1-13-5-10-16-17(25-13)11-12-19-22(16)21(14-6-8-15(24)9-7-14)23-18(26-19)3-2-4-20(23)27/h5-12,21,26H,2-4H2,1H3/t21-/m1/s1. The number of rotatable bonds is 1. The van der Waals surface area contributed by atoms with Crippen molar-refractivity contribution in [3.8, 4) is 0 Å². The number of nitrogens with zero attached hydrogens (tertiary/aromatic N) is 1.